The predicted octanol–water partition coefficient (Wildman–Crippen LogP) is 4.25. The molecule has 0 spiro atoms. The topological polar surface area (TPSA) is 38.0 Å². The average molecular weight is 304 g/mol. The van der Waals surface area contributed by atoms with Gasteiger partial charge in [-0.25, -0.2) is 4.39 Å². The molecular weight excluding hydrogens is 283 g/mol. The number of hydrogen-bond donors (Lipinski definition) is 2. The molecule has 0 aliphatic carbocycles. The smallest absolute Gasteiger partial charge is 0.123 e. The maximum atomic E-state index is 12.9. The number of rotatable bonds is 6. The maximum absolute atomic E-state index is 12.9. The van der Waals surface area contributed by atoms with Gasteiger partial charge in [-0.2, -0.15) is 0 Å². The summed E-state index contributed by atoms with van der Waals surface area (Å²) >= 11 is 1.66. The third kappa shape index (κ3) is 4.56. The first-order chi connectivity index (χ1) is 10.1. The van der Waals surface area contributed by atoms with Gasteiger partial charge >= 0.3 is 0 Å². The van der Waals surface area contributed by atoms with Crippen molar-refractivity contribution in [3.8, 4) is 0 Å². The number of nitrogens with one attached hydrogen (secondary N) is 1. The van der Waals surface area contributed by atoms with E-state index in [0.717, 1.165) is 16.2 Å². The van der Waals surface area contributed by atoms with E-state index in [9.17, 15) is 4.39 Å². The maximum Gasteiger partial charge on any atom is 0.123 e. The first-order valence-electron chi connectivity index (χ1n) is 7.04. The number of halogens is 1. The van der Waals surface area contributed by atoms with E-state index in [4.69, 9.17) is 5.84 Å². The van der Waals surface area contributed by atoms with Crippen molar-refractivity contribution in [2.24, 2.45) is 5.84 Å². The second kappa shape index (κ2) is 7.59. The molecule has 21 heavy (non-hydrogen) atoms. The first-order valence-corrected chi connectivity index (χ1v) is 8.03. The van der Waals surface area contributed by atoms with Gasteiger partial charge in [-0.3, -0.25) is 11.3 Å². The molecule has 2 aromatic carbocycles. The number of hydrogen-bond acceptors (Lipinski definition) is 3. The highest BCUT2D eigenvalue weighted by atomic mass is 32.2. The van der Waals surface area contributed by atoms with Crippen LogP contribution in [0.2, 0.25) is 0 Å². The van der Waals surface area contributed by atoms with Crippen molar-refractivity contribution < 1.29 is 4.39 Å². The molecule has 0 saturated heterocycles. The van der Waals surface area contributed by atoms with Crippen molar-refractivity contribution in [1.29, 1.82) is 0 Å². The summed E-state index contributed by atoms with van der Waals surface area (Å²) in [5.74, 6) is 6.78. The Balaban J connectivity index is 2.00. The van der Waals surface area contributed by atoms with E-state index in [-0.39, 0.29) is 11.9 Å². The second-order valence-electron chi connectivity index (χ2n) is 5.31. The lowest BCUT2D eigenvalue weighted by atomic mass is 10.00. The van der Waals surface area contributed by atoms with Crippen molar-refractivity contribution in [2.75, 3.05) is 5.75 Å². The minimum atomic E-state index is -0.211. The molecule has 0 radical (unpaired) electrons. The molecule has 1 unspecified atom stereocenters. The molecule has 1 atom stereocenters. The SMILES string of the molecule is CC(C)c1ccc(C(CSc2ccc(F)cc2)NN)cc1. The molecule has 2 nitrogen and oxygen atoms in total. The summed E-state index contributed by atoms with van der Waals surface area (Å²) < 4.78 is 12.9. The van der Waals surface area contributed by atoms with Crippen molar-refractivity contribution in [3.05, 3.63) is 65.5 Å². The summed E-state index contributed by atoms with van der Waals surface area (Å²) in [6.07, 6.45) is 0. The Morgan fingerprint density at radius 2 is 1.57 bits per heavy atom. The second-order valence-corrected chi connectivity index (χ2v) is 6.40. The Hall–Kier alpha value is -1.36. The Kier molecular flexibility index (Phi) is 5.79. The average Bonchev–Trinajstić information content (AvgIpc) is 2.50. The van der Waals surface area contributed by atoms with Crippen molar-refractivity contribution >= 4 is 11.8 Å². The highest BCUT2D eigenvalue weighted by Gasteiger charge is 2.11. The van der Waals surface area contributed by atoms with Crippen LogP contribution in [0.3, 0.4) is 0 Å². The Morgan fingerprint density at radius 1 is 1.00 bits per heavy atom. The van der Waals surface area contributed by atoms with Crippen LogP contribution in [0.1, 0.15) is 36.9 Å². The molecule has 0 aliphatic heterocycles. The summed E-state index contributed by atoms with van der Waals surface area (Å²) in [6, 6.07) is 15.1. The quantitative estimate of drug-likeness (QED) is 0.476. The van der Waals surface area contributed by atoms with E-state index >= 15 is 0 Å². The van der Waals surface area contributed by atoms with Crippen molar-refractivity contribution in [2.45, 2.75) is 30.7 Å². The van der Waals surface area contributed by atoms with Crippen molar-refractivity contribution in [3.63, 3.8) is 0 Å². The minimum absolute atomic E-state index is 0.0706. The molecule has 0 saturated carbocycles. The van der Waals surface area contributed by atoms with E-state index < -0.39 is 0 Å². The molecule has 2 aromatic rings. The van der Waals surface area contributed by atoms with Gasteiger partial charge in [0.05, 0.1) is 6.04 Å². The van der Waals surface area contributed by atoms with E-state index in [1.165, 1.54) is 17.7 Å². The third-order valence-corrected chi connectivity index (χ3v) is 4.54. The zero-order valence-corrected chi connectivity index (χ0v) is 13.2. The van der Waals surface area contributed by atoms with Gasteiger partial charge in [-0.05, 0) is 41.3 Å². The van der Waals surface area contributed by atoms with Gasteiger partial charge in [0.25, 0.3) is 0 Å². The molecule has 3 N–H and O–H groups in total. The van der Waals surface area contributed by atoms with E-state index in [1.54, 1.807) is 23.9 Å². The highest BCUT2D eigenvalue weighted by molar-refractivity contribution is 7.99. The van der Waals surface area contributed by atoms with Crippen LogP contribution in [0.4, 0.5) is 4.39 Å². The van der Waals surface area contributed by atoms with Gasteiger partial charge in [0.2, 0.25) is 0 Å². The van der Waals surface area contributed by atoms with Crippen LogP contribution in [0.25, 0.3) is 0 Å². The van der Waals surface area contributed by atoms with Gasteiger partial charge in [0.1, 0.15) is 5.82 Å². The van der Waals surface area contributed by atoms with E-state index in [2.05, 4.69) is 43.5 Å². The van der Waals surface area contributed by atoms with Crippen molar-refractivity contribution in [1.82, 2.24) is 5.43 Å². The number of thioether (sulfide) groups is 1. The zero-order chi connectivity index (χ0) is 15.2. The molecule has 0 heterocycles. The number of nitrogens with two attached hydrogens (primary N) is 1. The van der Waals surface area contributed by atoms with Gasteiger partial charge in [0, 0.05) is 10.6 Å². The molecule has 2 rings (SSSR count). The highest BCUT2D eigenvalue weighted by Crippen LogP contribution is 2.25. The van der Waals surface area contributed by atoms with Gasteiger partial charge < -0.3 is 0 Å². The molecule has 0 bridgehead atoms. The van der Waals surface area contributed by atoms with E-state index in [0.29, 0.717) is 5.92 Å². The lowest BCUT2D eigenvalue weighted by Gasteiger charge is -2.17. The van der Waals surface area contributed by atoms with Crippen LogP contribution in [0, 0.1) is 5.82 Å². The molecule has 112 valence electrons. The molecule has 4 heteroatoms. The summed E-state index contributed by atoms with van der Waals surface area (Å²) in [5, 5.41) is 0. The lowest BCUT2D eigenvalue weighted by molar-refractivity contribution is 0.610. The van der Waals surface area contributed by atoms with E-state index in [1.807, 2.05) is 0 Å². The molecule has 0 aliphatic rings. The molecule has 0 fully saturated rings. The zero-order valence-electron chi connectivity index (χ0n) is 12.3. The molecule has 0 aromatic heterocycles. The van der Waals surface area contributed by atoms with Crippen LogP contribution >= 0.6 is 11.8 Å². The fraction of sp³-hybridized carbons (Fsp3) is 0.294. The summed E-state index contributed by atoms with van der Waals surface area (Å²) in [5.41, 5.74) is 5.34. The predicted molar refractivity (Wildman–Crippen MR) is 87.7 cm³/mol. The summed E-state index contributed by atoms with van der Waals surface area (Å²) in [4.78, 5) is 1.04. The molecular formula is C17H21FN2S. The third-order valence-electron chi connectivity index (χ3n) is 3.44. The van der Waals surface area contributed by atoms with Crippen LogP contribution < -0.4 is 11.3 Å². The Bertz CT molecular complexity index is 552. The Morgan fingerprint density at radius 3 is 2.10 bits per heavy atom. The van der Waals surface area contributed by atoms with Gasteiger partial charge in [-0.1, -0.05) is 38.1 Å². The van der Waals surface area contributed by atoms with Gasteiger partial charge in [-0.15, -0.1) is 11.8 Å². The number of benzene rings is 2. The van der Waals surface area contributed by atoms with Crippen LogP contribution in [-0.4, -0.2) is 5.75 Å². The monoisotopic (exact) mass is 304 g/mol. The fourth-order valence-electron chi connectivity index (χ4n) is 2.06. The van der Waals surface area contributed by atoms with Crippen LogP contribution in [0.5, 0.6) is 0 Å². The largest absolute Gasteiger partial charge is 0.271 e. The van der Waals surface area contributed by atoms with Crippen LogP contribution in [0.15, 0.2) is 53.4 Å². The summed E-state index contributed by atoms with van der Waals surface area (Å²) in [6.45, 7) is 4.36. The first kappa shape index (κ1) is 16.0. The standard InChI is InChI=1S/C17H21FN2S/c1-12(2)13-3-5-14(6-4-13)17(20-19)11-21-16-9-7-15(18)8-10-16/h3-10,12,17,20H,11,19H2,1-2H3. The number of hydrazine groups is 1. The Labute approximate surface area is 129 Å². The minimum Gasteiger partial charge on any atom is -0.271 e. The molecule has 0 amide bonds. The summed E-state index contributed by atoms with van der Waals surface area (Å²) in [7, 11) is 0. The van der Waals surface area contributed by atoms with Crippen LogP contribution in [-0.2, 0) is 0 Å². The van der Waals surface area contributed by atoms with Gasteiger partial charge in [0.15, 0.2) is 0 Å². The fourth-order valence-corrected chi connectivity index (χ4v) is 3.04. The normalized spacial score (nSPS) is 12.6. The lowest BCUT2D eigenvalue weighted by Crippen LogP contribution is -2.29.